The number of benzene rings is 2. The Morgan fingerprint density at radius 3 is 2.16 bits per heavy atom. The third-order valence-corrected chi connectivity index (χ3v) is 2.56. The second-order valence-electron chi connectivity index (χ2n) is 4.05. The molecule has 0 aliphatic carbocycles. The van der Waals surface area contributed by atoms with Crippen molar-refractivity contribution in [3.05, 3.63) is 71.3 Å². The molecule has 4 nitrogen and oxygen atoms in total. The number of hydroxylamine groups is 1. The van der Waals surface area contributed by atoms with E-state index in [9.17, 15) is 9.59 Å². The van der Waals surface area contributed by atoms with Crippen LogP contribution in [0.2, 0.25) is 0 Å². The van der Waals surface area contributed by atoms with Gasteiger partial charge in [-0.2, -0.15) is 5.48 Å². The maximum atomic E-state index is 11.7. The fraction of sp³-hybridized carbons (Fsp3) is 0.0667. The van der Waals surface area contributed by atoms with E-state index in [-0.39, 0.29) is 0 Å². The van der Waals surface area contributed by atoms with E-state index in [1.54, 1.807) is 42.5 Å². The monoisotopic (exact) mass is 255 g/mol. The zero-order valence-corrected chi connectivity index (χ0v) is 10.4. The van der Waals surface area contributed by atoms with Gasteiger partial charge in [0.05, 0.1) is 5.56 Å². The van der Waals surface area contributed by atoms with Crippen molar-refractivity contribution in [2.45, 2.75) is 6.92 Å². The summed E-state index contributed by atoms with van der Waals surface area (Å²) in [6, 6.07) is 15.4. The minimum Gasteiger partial charge on any atom is -0.335 e. The number of aryl methyl sites for hydroxylation is 1. The Kier molecular flexibility index (Phi) is 3.93. The second-order valence-corrected chi connectivity index (χ2v) is 4.05. The summed E-state index contributed by atoms with van der Waals surface area (Å²) < 4.78 is 0. The van der Waals surface area contributed by atoms with E-state index < -0.39 is 11.9 Å². The Morgan fingerprint density at radius 1 is 0.895 bits per heavy atom. The number of carbonyl (C=O) groups is 2. The van der Waals surface area contributed by atoms with Gasteiger partial charge in [0, 0.05) is 5.56 Å². The number of nitrogens with one attached hydrogen (secondary N) is 1. The van der Waals surface area contributed by atoms with Crippen LogP contribution in [0.15, 0.2) is 54.6 Å². The predicted octanol–water partition coefficient (Wildman–Crippen LogP) is 2.50. The SMILES string of the molecule is Cc1ccc(C(=O)NOC(=O)c2ccccc2)cc1. The third kappa shape index (κ3) is 3.42. The van der Waals surface area contributed by atoms with E-state index in [4.69, 9.17) is 4.84 Å². The molecule has 0 radical (unpaired) electrons. The Morgan fingerprint density at radius 2 is 1.53 bits per heavy atom. The van der Waals surface area contributed by atoms with E-state index in [0.29, 0.717) is 11.1 Å². The Labute approximate surface area is 111 Å². The van der Waals surface area contributed by atoms with Crippen LogP contribution in [-0.2, 0) is 4.84 Å². The number of amides is 1. The standard InChI is InChI=1S/C15H13NO3/c1-11-7-9-12(10-8-11)14(17)16-19-15(18)13-5-3-2-4-6-13/h2-10H,1H3,(H,16,17). The van der Waals surface area contributed by atoms with Gasteiger partial charge in [-0.3, -0.25) is 4.79 Å². The molecule has 1 amide bonds. The molecule has 96 valence electrons. The highest BCUT2D eigenvalue weighted by Gasteiger charge is 2.10. The normalized spacial score (nSPS) is 9.74. The lowest BCUT2D eigenvalue weighted by atomic mass is 10.1. The molecule has 0 saturated carbocycles. The second kappa shape index (κ2) is 5.82. The summed E-state index contributed by atoms with van der Waals surface area (Å²) in [5, 5.41) is 0. The molecular formula is C15H13NO3. The number of carbonyl (C=O) groups excluding carboxylic acids is 2. The highest BCUT2D eigenvalue weighted by molar-refractivity contribution is 5.95. The molecule has 0 heterocycles. The van der Waals surface area contributed by atoms with E-state index in [0.717, 1.165) is 5.56 Å². The third-order valence-electron chi connectivity index (χ3n) is 2.56. The van der Waals surface area contributed by atoms with E-state index in [1.807, 2.05) is 19.1 Å². The Hall–Kier alpha value is -2.62. The molecule has 19 heavy (non-hydrogen) atoms. The lowest BCUT2D eigenvalue weighted by Crippen LogP contribution is -2.27. The maximum absolute atomic E-state index is 11.7. The Balaban J connectivity index is 1.94. The van der Waals surface area contributed by atoms with Crippen LogP contribution in [0.3, 0.4) is 0 Å². The van der Waals surface area contributed by atoms with Crippen LogP contribution < -0.4 is 5.48 Å². The number of hydrogen-bond acceptors (Lipinski definition) is 3. The maximum Gasteiger partial charge on any atom is 0.362 e. The summed E-state index contributed by atoms with van der Waals surface area (Å²) in [7, 11) is 0. The topological polar surface area (TPSA) is 55.4 Å². The molecule has 2 aromatic rings. The largest absolute Gasteiger partial charge is 0.362 e. The molecule has 0 aliphatic heterocycles. The van der Waals surface area contributed by atoms with Gasteiger partial charge in [-0.25, -0.2) is 4.79 Å². The van der Waals surface area contributed by atoms with Gasteiger partial charge >= 0.3 is 5.97 Å². The Bertz CT molecular complexity index is 576. The van der Waals surface area contributed by atoms with Gasteiger partial charge in [-0.1, -0.05) is 35.9 Å². The zero-order chi connectivity index (χ0) is 13.7. The summed E-state index contributed by atoms with van der Waals surface area (Å²) in [4.78, 5) is 28.0. The fourth-order valence-corrected chi connectivity index (χ4v) is 1.49. The average molecular weight is 255 g/mol. The first-order valence-electron chi connectivity index (χ1n) is 5.80. The van der Waals surface area contributed by atoms with Gasteiger partial charge in [0.2, 0.25) is 0 Å². The van der Waals surface area contributed by atoms with E-state index >= 15 is 0 Å². The van der Waals surface area contributed by atoms with Crippen LogP contribution in [0.25, 0.3) is 0 Å². The van der Waals surface area contributed by atoms with Crippen molar-refractivity contribution >= 4 is 11.9 Å². The molecule has 0 aromatic heterocycles. The molecule has 2 aromatic carbocycles. The van der Waals surface area contributed by atoms with E-state index in [1.165, 1.54) is 0 Å². The number of hydrogen-bond donors (Lipinski definition) is 1. The van der Waals surface area contributed by atoms with Crippen molar-refractivity contribution < 1.29 is 14.4 Å². The van der Waals surface area contributed by atoms with Gasteiger partial charge in [0.25, 0.3) is 5.91 Å². The van der Waals surface area contributed by atoms with Crippen LogP contribution in [0.5, 0.6) is 0 Å². The van der Waals surface area contributed by atoms with Crippen molar-refractivity contribution in [1.82, 2.24) is 5.48 Å². The molecule has 0 spiro atoms. The molecule has 2 rings (SSSR count). The molecule has 0 atom stereocenters. The predicted molar refractivity (Wildman–Crippen MR) is 70.5 cm³/mol. The van der Waals surface area contributed by atoms with Crippen molar-refractivity contribution in [2.75, 3.05) is 0 Å². The minimum absolute atomic E-state index is 0.381. The number of rotatable bonds is 2. The summed E-state index contributed by atoms with van der Waals surface area (Å²) in [6.45, 7) is 1.93. The lowest BCUT2D eigenvalue weighted by molar-refractivity contribution is 0.0230. The minimum atomic E-state index is -0.596. The van der Waals surface area contributed by atoms with Crippen molar-refractivity contribution in [1.29, 1.82) is 0 Å². The molecular weight excluding hydrogens is 242 g/mol. The van der Waals surface area contributed by atoms with Gasteiger partial charge in [-0.05, 0) is 31.2 Å². The molecule has 0 aliphatic rings. The molecule has 0 unspecified atom stereocenters. The summed E-state index contributed by atoms with van der Waals surface area (Å²) in [6.07, 6.45) is 0. The molecule has 0 saturated heterocycles. The summed E-state index contributed by atoms with van der Waals surface area (Å²) in [5.41, 5.74) is 4.00. The lowest BCUT2D eigenvalue weighted by Gasteiger charge is -2.05. The van der Waals surface area contributed by atoms with Crippen LogP contribution >= 0.6 is 0 Å². The molecule has 1 N–H and O–H groups in total. The van der Waals surface area contributed by atoms with Crippen molar-refractivity contribution in [3.63, 3.8) is 0 Å². The van der Waals surface area contributed by atoms with Crippen LogP contribution in [0.4, 0.5) is 0 Å². The zero-order valence-electron chi connectivity index (χ0n) is 10.4. The fourth-order valence-electron chi connectivity index (χ4n) is 1.49. The van der Waals surface area contributed by atoms with E-state index in [2.05, 4.69) is 5.48 Å². The van der Waals surface area contributed by atoms with Gasteiger partial charge in [0.15, 0.2) is 0 Å². The highest BCUT2D eigenvalue weighted by Crippen LogP contribution is 2.04. The highest BCUT2D eigenvalue weighted by atomic mass is 16.7. The van der Waals surface area contributed by atoms with Gasteiger partial charge in [0.1, 0.15) is 0 Å². The smallest absolute Gasteiger partial charge is 0.335 e. The summed E-state index contributed by atoms with van der Waals surface area (Å²) >= 11 is 0. The first-order valence-corrected chi connectivity index (χ1v) is 5.80. The van der Waals surface area contributed by atoms with Crippen LogP contribution in [-0.4, -0.2) is 11.9 Å². The first kappa shape index (κ1) is 12.8. The van der Waals surface area contributed by atoms with Crippen LogP contribution in [0.1, 0.15) is 26.3 Å². The van der Waals surface area contributed by atoms with Crippen LogP contribution in [0, 0.1) is 6.92 Å². The molecule has 0 bridgehead atoms. The summed E-state index contributed by atoms with van der Waals surface area (Å²) in [5.74, 6) is -1.05. The quantitative estimate of drug-likeness (QED) is 0.839. The molecule has 4 heteroatoms. The van der Waals surface area contributed by atoms with Crippen molar-refractivity contribution in [2.24, 2.45) is 0 Å². The molecule has 0 fully saturated rings. The first-order chi connectivity index (χ1) is 9.16. The van der Waals surface area contributed by atoms with Gasteiger partial charge in [-0.15, -0.1) is 0 Å². The van der Waals surface area contributed by atoms with Crippen molar-refractivity contribution in [3.8, 4) is 0 Å². The van der Waals surface area contributed by atoms with Gasteiger partial charge < -0.3 is 4.84 Å². The average Bonchev–Trinajstić information content (AvgIpc) is 2.46.